The van der Waals surface area contributed by atoms with Crippen LogP contribution in [0.15, 0.2) is 0 Å². The van der Waals surface area contributed by atoms with E-state index in [1.165, 1.54) is 77.0 Å². The first kappa shape index (κ1) is 23.8. The average molecular weight is 395 g/mol. The maximum Gasteiger partial charge on any atom is 0.397 e. The fourth-order valence-corrected chi connectivity index (χ4v) is 3.56. The number of rotatable bonds is 17. The SMILES string of the molecule is CCCCCCCCCCCCCCCC1OCC(COS(=O)(=O)O)O1. The van der Waals surface area contributed by atoms with Gasteiger partial charge in [-0.05, 0) is 12.8 Å². The van der Waals surface area contributed by atoms with Gasteiger partial charge in [-0.3, -0.25) is 4.55 Å². The van der Waals surface area contributed by atoms with Gasteiger partial charge in [0.1, 0.15) is 6.10 Å². The highest BCUT2D eigenvalue weighted by Gasteiger charge is 2.27. The minimum Gasteiger partial charge on any atom is -0.350 e. The third-order valence-electron chi connectivity index (χ3n) is 4.76. The molecule has 1 aliphatic rings. The molecule has 0 aromatic heterocycles. The third-order valence-corrected chi connectivity index (χ3v) is 5.19. The van der Waals surface area contributed by atoms with Gasteiger partial charge in [0.25, 0.3) is 0 Å². The Morgan fingerprint density at radius 3 is 1.88 bits per heavy atom. The van der Waals surface area contributed by atoms with Crippen molar-refractivity contribution in [2.75, 3.05) is 13.2 Å². The summed E-state index contributed by atoms with van der Waals surface area (Å²) in [6.45, 7) is 2.36. The smallest absolute Gasteiger partial charge is 0.350 e. The Hall–Kier alpha value is -0.210. The second-order valence-corrected chi connectivity index (χ2v) is 8.36. The van der Waals surface area contributed by atoms with E-state index in [1.807, 2.05) is 0 Å². The van der Waals surface area contributed by atoms with E-state index >= 15 is 0 Å². The Morgan fingerprint density at radius 2 is 1.38 bits per heavy atom. The van der Waals surface area contributed by atoms with Crippen LogP contribution in [-0.2, 0) is 24.1 Å². The summed E-state index contributed by atoms with van der Waals surface area (Å²) in [5.74, 6) is 0. The van der Waals surface area contributed by atoms with E-state index in [0.717, 1.165) is 12.8 Å². The molecule has 1 rings (SSSR count). The first-order valence-electron chi connectivity index (χ1n) is 10.4. The van der Waals surface area contributed by atoms with Crippen LogP contribution in [0.3, 0.4) is 0 Å². The molecule has 156 valence electrons. The van der Waals surface area contributed by atoms with Crippen LogP contribution in [0.4, 0.5) is 0 Å². The molecule has 0 aromatic rings. The standard InChI is InChI=1S/C19H38O6S/c1-2-3-4-5-6-7-8-9-10-11-12-13-14-15-19-23-16-18(25-19)17-24-26(20,21)22/h18-19H,2-17H2,1H3,(H,20,21,22). The van der Waals surface area contributed by atoms with Crippen LogP contribution in [0, 0.1) is 0 Å². The lowest BCUT2D eigenvalue weighted by Crippen LogP contribution is -2.21. The van der Waals surface area contributed by atoms with Gasteiger partial charge in [0.05, 0.1) is 13.2 Å². The minimum absolute atomic E-state index is 0.200. The molecule has 0 aromatic carbocycles. The Kier molecular flexibility index (Phi) is 13.6. The van der Waals surface area contributed by atoms with Crippen molar-refractivity contribution in [1.82, 2.24) is 0 Å². The van der Waals surface area contributed by atoms with Crippen molar-refractivity contribution in [1.29, 1.82) is 0 Å². The molecule has 2 atom stereocenters. The minimum atomic E-state index is -4.41. The van der Waals surface area contributed by atoms with Gasteiger partial charge in [-0.2, -0.15) is 8.42 Å². The Balaban J connectivity index is 1.82. The van der Waals surface area contributed by atoms with Crippen molar-refractivity contribution >= 4 is 10.4 Å². The maximum atomic E-state index is 10.5. The lowest BCUT2D eigenvalue weighted by atomic mass is 10.0. The van der Waals surface area contributed by atoms with E-state index in [0.29, 0.717) is 6.61 Å². The lowest BCUT2D eigenvalue weighted by molar-refractivity contribution is -0.0688. The summed E-state index contributed by atoms with van der Waals surface area (Å²) in [5, 5.41) is 0. The Bertz CT molecular complexity index is 426. The predicted octanol–water partition coefficient (Wildman–Crippen LogP) is 5.03. The fourth-order valence-electron chi connectivity index (χ4n) is 3.24. The molecule has 0 radical (unpaired) electrons. The van der Waals surface area contributed by atoms with E-state index in [9.17, 15) is 8.42 Å². The number of hydrogen-bond donors (Lipinski definition) is 1. The van der Waals surface area contributed by atoms with E-state index in [-0.39, 0.29) is 12.9 Å². The maximum absolute atomic E-state index is 10.5. The van der Waals surface area contributed by atoms with Crippen LogP contribution in [0.5, 0.6) is 0 Å². The predicted molar refractivity (Wildman–Crippen MR) is 102 cm³/mol. The lowest BCUT2D eigenvalue weighted by Gasteiger charge is -2.10. The van der Waals surface area contributed by atoms with Gasteiger partial charge in [0.15, 0.2) is 6.29 Å². The summed E-state index contributed by atoms with van der Waals surface area (Å²) in [7, 11) is -4.41. The molecule has 1 aliphatic heterocycles. The van der Waals surface area contributed by atoms with Gasteiger partial charge < -0.3 is 9.47 Å². The molecule has 0 saturated carbocycles. The quantitative estimate of drug-likeness (QED) is 0.275. The van der Waals surface area contributed by atoms with Gasteiger partial charge >= 0.3 is 10.4 Å². The second-order valence-electron chi connectivity index (χ2n) is 7.26. The highest BCUT2D eigenvalue weighted by Crippen LogP contribution is 2.19. The van der Waals surface area contributed by atoms with Crippen molar-refractivity contribution in [3.63, 3.8) is 0 Å². The summed E-state index contributed by atoms with van der Waals surface area (Å²) in [6, 6.07) is 0. The van der Waals surface area contributed by atoms with Crippen molar-refractivity contribution in [2.45, 2.75) is 109 Å². The van der Waals surface area contributed by atoms with Gasteiger partial charge in [-0.15, -0.1) is 0 Å². The zero-order chi connectivity index (χ0) is 19.1. The molecule has 0 spiro atoms. The molecule has 2 unspecified atom stereocenters. The largest absolute Gasteiger partial charge is 0.397 e. The molecule has 1 heterocycles. The molecule has 1 N–H and O–H groups in total. The number of unbranched alkanes of at least 4 members (excludes halogenated alkanes) is 12. The molecule has 0 amide bonds. The number of hydrogen-bond acceptors (Lipinski definition) is 5. The first-order valence-corrected chi connectivity index (χ1v) is 11.8. The summed E-state index contributed by atoms with van der Waals surface area (Å²) in [4.78, 5) is 0. The zero-order valence-corrected chi connectivity index (χ0v) is 17.2. The third kappa shape index (κ3) is 13.9. The van der Waals surface area contributed by atoms with Crippen LogP contribution in [0.2, 0.25) is 0 Å². The Morgan fingerprint density at radius 1 is 0.885 bits per heavy atom. The van der Waals surface area contributed by atoms with Gasteiger partial charge in [0, 0.05) is 0 Å². The van der Waals surface area contributed by atoms with Crippen molar-refractivity contribution in [3.8, 4) is 0 Å². The fraction of sp³-hybridized carbons (Fsp3) is 1.00. The molecule has 0 aliphatic carbocycles. The van der Waals surface area contributed by atoms with Crippen LogP contribution in [-0.4, -0.2) is 38.6 Å². The van der Waals surface area contributed by atoms with Crippen molar-refractivity contribution in [2.24, 2.45) is 0 Å². The van der Waals surface area contributed by atoms with E-state index in [1.54, 1.807) is 0 Å². The van der Waals surface area contributed by atoms with Crippen molar-refractivity contribution in [3.05, 3.63) is 0 Å². The average Bonchev–Trinajstić information content (AvgIpc) is 3.04. The zero-order valence-electron chi connectivity index (χ0n) is 16.4. The molecular formula is C19H38O6S. The topological polar surface area (TPSA) is 82.1 Å². The molecule has 1 fully saturated rings. The van der Waals surface area contributed by atoms with Crippen LogP contribution in [0.25, 0.3) is 0 Å². The Labute approximate surface area is 159 Å². The summed E-state index contributed by atoms with van der Waals surface area (Å²) >= 11 is 0. The number of ether oxygens (including phenoxy) is 2. The van der Waals surface area contributed by atoms with E-state index in [2.05, 4.69) is 11.1 Å². The summed E-state index contributed by atoms with van der Waals surface area (Å²) in [5.41, 5.74) is 0. The van der Waals surface area contributed by atoms with Gasteiger partial charge in [0.2, 0.25) is 0 Å². The normalized spacial score (nSPS) is 20.7. The molecule has 0 bridgehead atoms. The summed E-state index contributed by atoms with van der Waals surface area (Å²) in [6.07, 6.45) is 17.3. The molecule has 7 heteroatoms. The highest BCUT2D eigenvalue weighted by atomic mass is 32.3. The van der Waals surface area contributed by atoms with Crippen LogP contribution >= 0.6 is 0 Å². The first-order chi connectivity index (χ1) is 12.5. The monoisotopic (exact) mass is 394 g/mol. The van der Waals surface area contributed by atoms with Crippen molar-refractivity contribution < 1.29 is 26.6 Å². The van der Waals surface area contributed by atoms with E-state index in [4.69, 9.17) is 14.0 Å². The van der Waals surface area contributed by atoms with Gasteiger partial charge in [-0.1, -0.05) is 84.0 Å². The molecule has 1 saturated heterocycles. The second kappa shape index (κ2) is 14.8. The molecule has 6 nitrogen and oxygen atoms in total. The van der Waals surface area contributed by atoms with Crippen LogP contribution in [0.1, 0.15) is 96.8 Å². The highest BCUT2D eigenvalue weighted by molar-refractivity contribution is 7.80. The summed E-state index contributed by atoms with van der Waals surface area (Å²) < 4.78 is 44.9. The molecule has 26 heavy (non-hydrogen) atoms. The molecular weight excluding hydrogens is 356 g/mol. The van der Waals surface area contributed by atoms with Crippen LogP contribution < -0.4 is 0 Å². The van der Waals surface area contributed by atoms with Gasteiger partial charge in [-0.25, -0.2) is 4.18 Å². The van der Waals surface area contributed by atoms with E-state index < -0.39 is 16.5 Å².